The Hall–Kier alpha value is -1.04. The van der Waals surface area contributed by atoms with Crippen LogP contribution >= 0.6 is 23.2 Å². The van der Waals surface area contributed by atoms with Gasteiger partial charge in [0.1, 0.15) is 22.7 Å². The Bertz CT molecular complexity index is 800. The molecule has 0 aromatic rings. The summed E-state index contributed by atoms with van der Waals surface area (Å²) in [5.41, 5.74) is -2.59. The molecular formula is C24H36Cl2O5. The fraction of sp³-hybridized carbons (Fsp3) is 0.750. The Kier molecular flexibility index (Phi) is 6.11. The van der Waals surface area contributed by atoms with Crippen LogP contribution in [0.4, 0.5) is 0 Å². The lowest BCUT2D eigenvalue weighted by atomic mass is 9.70. The van der Waals surface area contributed by atoms with Crippen LogP contribution in [0.25, 0.3) is 0 Å². The van der Waals surface area contributed by atoms with E-state index in [4.69, 9.17) is 37.4 Å². The van der Waals surface area contributed by atoms with E-state index in [1.807, 2.05) is 83.1 Å². The van der Waals surface area contributed by atoms with Crippen LogP contribution in [0.1, 0.15) is 83.1 Å². The summed E-state index contributed by atoms with van der Waals surface area (Å²) in [5.74, 6) is -2.55. The summed E-state index contributed by atoms with van der Waals surface area (Å²) in [7, 11) is 0. The Morgan fingerprint density at radius 1 is 0.613 bits per heavy atom. The summed E-state index contributed by atoms with van der Waals surface area (Å²) in [6, 6.07) is 0. The van der Waals surface area contributed by atoms with E-state index >= 15 is 0 Å². The van der Waals surface area contributed by atoms with Crippen molar-refractivity contribution in [1.29, 1.82) is 0 Å². The molecule has 0 aromatic heterocycles. The van der Waals surface area contributed by atoms with E-state index < -0.39 is 43.7 Å². The molecule has 2 bridgehead atoms. The van der Waals surface area contributed by atoms with Crippen LogP contribution in [0, 0.1) is 21.7 Å². The van der Waals surface area contributed by atoms with Crippen molar-refractivity contribution in [1.82, 2.24) is 0 Å². The van der Waals surface area contributed by atoms with Crippen molar-refractivity contribution in [2.75, 3.05) is 0 Å². The molecule has 176 valence electrons. The highest BCUT2D eigenvalue weighted by Gasteiger charge is 2.71. The smallest absolute Gasteiger partial charge is 0.258 e. The molecule has 0 spiro atoms. The fourth-order valence-corrected chi connectivity index (χ4v) is 4.41. The minimum Gasteiger partial charge on any atom is -0.460 e. The predicted octanol–water partition coefficient (Wildman–Crippen LogP) is 6.68. The van der Waals surface area contributed by atoms with Gasteiger partial charge in [-0.1, -0.05) is 83.1 Å². The van der Waals surface area contributed by atoms with Crippen LogP contribution in [0.5, 0.6) is 0 Å². The fourth-order valence-electron chi connectivity index (χ4n) is 3.99. The number of hydrogen-bond donors (Lipinski definition) is 0. The molecular weight excluding hydrogens is 439 g/mol. The molecule has 2 aliphatic heterocycles. The van der Waals surface area contributed by atoms with Gasteiger partial charge in [-0.25, -0.2) is 0 Å². The van der Waals surface area contributed by atoms with Crippen molar-refractivity contribution < 1.29 is 23.8 Å². The first-order valence-electron chi connectivity index (χ1n) is 10.5. The molecule has 7 heteroatoms. The van der Waals surface area contributed by atoms with Crippen LogP contribution in [-0.4, -0.2) is 22.1 Å². The summed E-state index contributed by atoms with van der Waals surface area (Å²) >= 11 is 12.3. The third-order valence-corrected chi connectivity index (χ3v) is 6.00. The molecule has 0 amide bonds. The standard InChI is InChI=1S/C24H36Cl2O5/c1-19(2,3)15-13(17(25)27)23(21(7,8)9)30-16(20(4,5)6)14(18(26)28)24(29-15,31-23)22(10,11)12/h1-12H3/t23-,24-/m1/s1. The summed E-state index contributed by atoms with van der Waals surface area (Å²) in [6.07, 6.45) is 0. The normalized spacial score (nSPS) is 27.7. The minimum atomic E-state index is -1.60. The molecule has 0 fully saturated rings. The third-order valence-electron chi connectivity index (χ3n) is 5.62. The number of halogens is 2. The van der Waals surface area contributed by atoms with Crippen molar-refractivity contribution in [3.63, 3.8) is 0 Å². The molecule has 5 nitrogen and oxygen atoms in total. The van der Waals surface area contributed by atoms with Crippen LogP contribution in [0.2, 0.25) is 0 Å². The molecule has 0 saturated carbocycles. The molecule has 0 unspecified atom stereocenters. The van der Waals surface area contributed by atoms with Gasteiger partial charge < -0.3 is 9.47 Å². The SMILES string of the molecule is CC(C)(C)C1=C(C(=O)Cl)[C@@]2(C(C)(C)C)OC(C(C)(C)C)=C(C(=O)Cl)[C@@](C(C)(C)C)(O1)O2. The van der Waals surface area contributed by atoms with Gasteiger partial charge in [-0.3, -0.25) is 14.3 Å². The van der Waals surface area contributed by atoms with Gasteiger partial charge >= 0.3 is 0 Å². The Morgan fingerprint density at radius 2 is 0.871 bits per heavy atom. The number of hydrogen-bond acceptors (Lipinski definition) is 5. The van der Waals surface area contributed by atoms with Crippen molar-refractivity contribution in [2.45, 2.75) is 94.7 Å². The maximum Gasteiger partial charge on any atom is 0.258 e. The van der Waals surface area contributed by atoms with Crippen LogP contribution in [0.3, 0.4) is 0 Å². The van der Waals surface area contributed by atoms with Gasteiger partial charge in [0.05, 0.1) is 0 Å². The molecule has 2 heterocycles. The van der Waals surface area contributed by atoms with Crippen molar-refractivity contribution in [3.05, 3.63) is 22.7 Å². The number of carbonyl (C=O) groups excluding carboxylic acids is 2. The largest absolute Gasteiger partial charge is 0.460 e. The molecule has 2 rings (SSSR count). The quantitative estimate of drug-likeness (QED) is 0.417. The third kappa shape index (κ3) is 3.95. The molecule has 0 aliphatic carbocycles. The van der Waals surface area contributed by atoms with Gasteiger partial charge in [-0.05, 0) is 23.2 Å². The van der Waals surface area contributed by atoms with Gasteiger partial charge in [0.2, 0.25) is 0 Å². The topological polar surface area (TPSA) is 61.8 Å². The summed E-state index contributed by atoms with van der Waals surface area (Å²) < 4.78 is 19.8. The molecule has 0 saturated heterocycles. The van der Waals surface area contributed by atoms with E-state index in [1.54, 1.807) is 0 Å². The lowest BCUT2D eigenvalue weighted by Crippen LogP contribution is -2.68. The molecule has 2 atom stereocenters. The van der Waals surface area contributed by atoms with E-state index in [2.05, 4.69) is 0 Å². The lowest BCUT2D eigenvalue weighted by molar-refractivity contribution is -0.402. The highest BCUT2D eigenvalue weighted by atomic mass is 35.5. The molecule has 2 aliphatic rings. The first-order chi connectivity index (χ1) is 13.5. The van der Waals surface area contributed by atoms with Gasteiger partial charge in [-0.15, -0.1) is 0 Å². The molecule has 0 radical (unpaired) electrons. The second kappa shape index (κ2) is 7.23. The maximum atomic E-state index is 12.9. The molecule has 31 heavy (non-hydrogen) atoms. The molecule has 0 N–H and O–H groups in total. The van der Waals surface area contributed by atoms with E-state index in [0.29, 0.717) is 11.5 Å². The summed E-state index contributed by atoms with van der Waals surface area (Å²) in [6.45, 7) is 22.9. The number of fused-ring (bicyclic) bond motifs is 2. The Labute approximate surface area is 196 Å². The van der Waals surface area contributed by atoms with Crippen molar-refractivity contribution in [2.24, 2.45) is 21.7 Å². The van der Waals surface area contributed by atoms with Crippen molar-refractivity contribution >= 4 is 33.7 Å². The zero-order chi connectivity index (χ0) is 24.6. The van der Waals surface area contributed by atoms with E-state index in [-0.39, 0.29) is 11.1 Å². The number of carbonyl (C=O) groups is 2. The van der Waals surface area contributed by atoms with Gasteiger partial charge in [-0.2, -0.15) is 0 Å². The van der Waals surface area contributed by atoms with E-state index in [1.165, 1.54) is 0 Å². The first-order valence-corrected chi connectivity index (χ1v) is 11.3. The average Bonchev–Trinajstić information content (AvgIpc) is 2.48. The predicted molar refractivity (Wildman–Crippen MR) is 122 cm³/mol. The average molecular weight is 475 g/mol. The highest BCUT2D eigenvalue weighted by Crippen LogP contribution is 2.63. The second-order valence-corrected chi connectivity index (χ2v) is 13.2. The van der Waals surface area contributed by atoms with Crippen LogP contribution < -0.4 is 0 Å². The van der Waals surface area contributed by atoms with Gasteiger partial charge in [0.25, 0.3) is 22.1 Å². The van der Waals surface area contributed by atoms with Gasteiger partial charge in [0, 0.05) is 21.7 Å². The van der Waals surface area contributed by atoms with Crippen molar-refractivity contribution in [3.8, 4) is 0 Å². The minimum absolute atomic E-state index is 0.108. The van der Waals surface area contributed by atoms with E-state index in [0.717, 1.165) is 0 Å². The zero-order valence-electron chi connectivity index (χ0n) is 20.8. The zero-order valence-corrected chi connectivity index (χ0v) is 22.3. The van der Waals surface area contributed by atoms with Gasteiger partial charge in [0.15, 0.2) is 0 Å². The highest BCUT2D eigenvalue weighted by molar-refractivity contribution is 6.68. The summed E-state index contributed by atoms with van der Waals surface area (Å²) in [5, 5.41) is -1.45. The lowest BCUT2D eigenvalue weighted by Gasteiger charge is -2.61. The van der Waals surface area contributed by atoms with Crippen LogP contribution in [0.15, 0.2) is 22.7 Å². The number of rotatable bonds is 2. The number of ether oxygens (including phenoxy) is 3. The monoisotopic (exact) mass is 474 g/mol. The molecule has 0 aromatic carbocycles. The second-order valence-electron chi connectivity index (χ2n) is 12.5. The maximum absolute atomic E-state index is 12.9. The van der Waals surface area contributed by atoms with E-state index in [9.17, 15) is 9.59 Å². The Balaban J connectivity index is 3.21. The summed E-state index contributed by atoms with van der Waals surface area (Å²) in [4.78, 5) is 25.8. The van der Waals surface area contributed by atoms with Crippen LogP contribution in [-0.2, 0) is 23.8 Å². The Morgan fingerprint density at radius 3 is 1.03 bits per heavy atom. The number of allylic oxidation sites excluding steroid dienone is 2. The first kappa shape index (κ1) is 26.2.